The van der Waals surface area contributed by atoms with Gasteiger partial charge in [-0.1, -0.05) is 35.4 Å². The van der Waals surface area contributed by atoms with Crippen LogP contribution in [0.4, 0.5) is 5.95 Å². The number of H-pyrrole nitrogens is 1. The molecule has 1 amide bonds. The molecule has 0 spiro atoms. The summed E-state index contributed by atoms with van der Waals surface area (Å²) in [6, 6.07) is 9.68. The molecular weight excluding hydrogens is 264 g/mol. The van der Waals surface area contributed by atoms with Crippen molar-refractivity contribution in [3.8, 4) is 10.6 Å². The second-order valence-electron chi connectivity index (χ2n) is 3.61. The number of hydrogen-bond acceptors (Lipinski definition) is 6. The maximum Gasteiger partial charge on any atom is 0.277 e. The number of anilines is 1. The number of benzene rings is 1. The van der Waals surface area contributed by atoms with Crippen molar-refractivity contribution in [3.05, 3.63) is 41.4 Å². The van der Waals surface area contributed by atoms with Crippen LogP contribution in [0, 0.1) is 0 Å². The molecule has 2 heterocycles. The fourth-order valence-electron chi connectivity index (χ4n) is 1.48. The van der Waals surface area contributed by atoms with E-state index in [0.29, 0.717) is 5.69 Å². The zero-order valence-electron chi connectivity index (χ0n) is 9.57. The number of hydrogen-bond donors (Lipinski definition) is 2. The highest BCUT2D eigenvalue weighted by Crippen LogP contribution is 2.23. The molecule has 19 heavy (non-hydrogen) atoms. The van der Waals surface area contributed by atoms with Gasteiger partial charge in [0.05, 0.1) is 0 Å². The zero-order chi connectivity index (χ0) is 13.1. The number of thiazole rings is 1. The van der Waals surface area contributed by atoms with Gasteiger partial charge in [0.2, 0.25) is 5.95 Å². The fraction of sp³-hybridized carbons (Fsp3) is 0. The summed E-state index contributed by atoms with van der Waals surface area (Å²) < 4.78 is 0. The van der Waals surface area contributed by atoms with Crippen LogP contribution in [-0.4, -0.2) is 31.5 Å². The predicted octanol–water partition coefficient (Wildman–Crippen LogP) is 1.58. The van der Waals surface area contributed by atoms with E-state index in [1.54, 1.807) is 5.38 Å². The van der Waals surface area contributed by atoms with Crippen LogP contribution in [0.1, 0.15) is 10.5 Å². The standard InChI is InChI=1S/C11H8N6OS/c18-9(13-11-14-16-17-15-11)8-6-19-10(12-8)7-4-2-1-3-5-7/h1-6H,(H2,13,14,15,16,17,18). The Bertz CT molecular complexity index is 678. The van der Waals surface area contributed by atoms with Crippen LogP contribution < -0.4 is 5.32 Å². The van der Waals surface area contributed by atoms with Crippen LogP contribution in [0.5, 0.6) is 0 Å². The van der Waals surface area contributed by atoms with E-state index in [1.165, 1.54) is 11.3 Å². The Balaban J connectivity index is 1.80. The number of aromatic nitrogens is 5. The molecule has 0 aliphatic rings. The largest absolute Gasteiger partial charge is 0.288 e. The summed E-state index contributed by atoms with van der Waals surface area (Å²) in [6.45, 7) is 0. The first-order valence-electron chi connectivity index (χ1n) is 5.39. The summed E-state index contributed by atoms with van der Waals surface area (Å²) in [7, 11) is 0. The van der Waals surface area contributed by atoms with Gasteiger partial charge in [-0.05, 0) is 10.4 Å². The molecule has 8 heteroatoms. The smallest absolute Gasteiger partial charge is 0.277 e. The summed E-state index contributed by atoms with van der Waals surface area (Å²) in [5.74, 6) is -0.156. The molecule has 2 N–H and O–H groups in total. The Hall–Kier alpha value is -2.61. The quantitative estimate of drug-likeness (QED) is 0.754. The van der Waals surface area contributed by atoms with Gasteiger partial charge in [-0.25, -0.2) is 10.1 Å². The molecule has 0 aliphatic carbocycles. The van der Waals surface area contributed by atoms with Gasteiger partial charge in [-0.2, -0.15) is 0 Å². The summed E-state index contributed by atoms with van der Waals surface area (Å²) in [5, 5.41) is 17.8. The van der Waals surface area contributed by atoms with Crippen molar-refractivity contribution in [2.75, 3.05) is 5.32 Å². The highest BCUT2D eigenvalue weighted by atomic mass is 32.1. The Morgan fingerprint density at radius 3 is 2.84 bits per heavy atom. The van der Waals surface area contributed by atoms with Gasteiger partial charge < -0.3 is 0 Å². The number of nitrogens with one attached hydrogen (secondary N) is 2. The van der Waals surface area contributed by atoms with Gasteiger partial charge in [0.15, 0.2) is 0 Å². The Morgan fingerprint density at radius 2 is 2.11 bits per heavy atom. The lowest BCUT2D eigenvalue weighted by atomic mass is 10.2. The van der Waals surface area contributed by atoms with Gasteiger partial charge in [-0.3, -0.25) is 10.1 Å². The van der Waals surface area contributed by atoms with Gasteiger partial charge in [0.25, 0.3) is 5.91 Å². The molecule has 0 aliphatic heterocycles. The third-order valence-corrected chi connectivity index (χ3v) is 3.23. The predicted molar refractivity (Wildman–Crippen MR) is 69.7 cm³/mol. The Kier molecular flexibility index (Phi) is 2.99. The highest BCUT2D eigenvalue weighted by Gasteiger charge is 2.13. The van der Waals surface area contributed by atoms with Crippen LogP contribution in [0.25, 0.3) is 10.6 Å². The maximum absolute atomic E-state index is 11.9. The molecule has 3 rings (SSSR count). The number of nitrogens with zero attached hydrogens (tertiary/aromatic N) is 4. The van der Waals surface area contributed by atoms with E-state index in [2.05, 4.69) is 30.9 Å². The molecule has 3 aromatic rings. The SMILES string of the molecule is O=C(Nc1nnn[nH]1)c1csc(-c2ccccc2)n1. The van der Waals surface area contributed by atoms with Crippen molar-refractivity contribution < 1.29 is 4.79 Å². The lowest BCUT2D eigenvalue weighted by molar-refractivity contribution is 0.102. The van der Waals surface area contributed by atoms with Gasteiger partial charge in [0.1, 0.15) is 10.7 Å². The second-order valence-corrected chi connectivity index (χ2v) is 4.47. The summed E-state index contributed by atoms with van der Waals surface area (Å²) in [5.41, 5.74) is 1.31. The molecule has 0 bridgehead atoms. The van der Waals surface area contributed by atoms with Gasteiger partial charge in [0, 0.05) is 10.9 Å². The van der Waals surface area contributed by atoms with E-state index >= 15 is 0 Å². The van der Waals surface area contributed by atoms with Crippen molar-refractivity contribution in [2.24, 2.45) is 0 Å². The van der Waals surface area contributed by atoms with Crippen molar-refractivity contribution in [3.63, 3.8) is 0 Å². The van der Waals surface area contributed by atoms with Crippen molar-refractivity contribution >= 4 is 23.2 Å². The lowest BCUT2D eigenvalue weighted by Gasteiger charge is -1.96. The number of amides is 1. The van der Waals surface area contributed by atoms with E-state index in [-0.39, 0.29) is 11.9 Å². The van der Waals surface area contributed by atoms with Gasteiger partial charge >= 0.3 is 0 Å². The molecule has 0 unspecified atom stereocenters. The minimum Gasteiger partial charge on any atom is -0.288 e. The van der Waals surface area contributed by atoms with Gasteiger partial charge in [-0.15, -0.1) is 11.3 Å². The number of carbonyl (C=O) groups is 1. The van der Waals surface area contributed by atoms with Crippen molar-refractivity contribution in [1.82, 2.24) is 25.6 Å². The molecule has 7 nitrogen and oxygen atoms in total. The summed E-state index contributed by atoms with van der Waals surface area (Å²) in [6.07, 6.45) is 0. The normalized spacial score (nSPS) is 10.3. The maximum atomic E-state index is 11.9. The van der Waals surface area contributed by atoms with E-state index in [9.17, 15) is 4.79 Å². The third-order valence-electron chi connectivity index (χ3n) is 2.33. The van der Waals surface area contributed by atoms with E-state index in [0.717, 1.165) is 10.6 Å². The topological polar surface area (TPSA) is 96.5 Å². The molecule has 0 saturated carbocycles. The lowest BCUT2D eigenvalue weighted by Crippen LogP contribution is -2.13. The Labute approximate surface area is 111 Å². The fourth-order valence-corrected chi connectivity index (χ4v) is 2.28. The van der Waals surface area contributed by atoms with Crippen LogP contribution >= 0.6 is 11.3 Å². The van der Waals surface area contributed by atoms with Crippen LogP contribution in [0.15, 0.2) is 35.7 Å². The van der Waals surface area contributed by atoms with E-state index in [4.69, 9.17) is 0 Å². The number of tetrazole rings is 1. The minimum absolute atomic E-state index is 0.194. The minimum atomic E-state index is -0.350. The average molecular weight is 272 g/mol. The van der Waals surface area contributed by atoms with Crippen molar-refractivity contribution in [2.45, 2.75) is 0 Å². The first kappa shape index (κ1) is 11.5. The zero-order valence-corrected chi connectivity index (χ0v) is 10.4. The molecule has 2 aromatic heterocycles. The first-order chi connectivity index (χ1) is 9.33. The molecule has 0 saturated heterocycles. The van der Waals surface area contributed by atoms with Crippen LogP contribution in [0.2, 0.25) is 0 Å². The number of rotatable bonds is 3. The Morgan fingerprint density at radius 1 is 1.26 bits per heavy atom. The van der Waals surface area contributed by atoms with E-state index in [1.807, 2.05) is 30.3 Å². The second kappa shape index (κ2) is 4.94. The summed E-state index contributed by atoms with van der Waals surface area (Å²) in [4.78, 5) is 16.2. The van der Waals surface area contributed by atoms with Crippen LogP contribution in [0.3, 0.4) is 0 Å². The molecule has 94 valence electrons. The molecule has 0 radical (unpaired) electrons. The van der Waals surface area contributed by atoms with Crippen LogP contribution in [-0.2, 0) is 0 Å². The molecular formula is C11H8N6OS. The molecule has 1 aromatic carbocycles. The molecule has 0 atom stereocenters. The number of carbonyl (C=O) groups excluding carboxylic acids is 1. The monoisotopic (exact) mass is 272 g/mol. The third kappa shape index (κ3) is 2.47. The number of aromatic amines is 1. The van der Waals surface area contributed by atoms with Crippen molar-refractivity contribution in [1.29, 1.82) is 0 Å². The summed E-state index contributed by atoms with van der Waals surface area (Å²) >= 11 is 1.41. The molecule has 0 fully saturated rings. The van der Waals surface area contributed by atoms with E-state index < -0.39 is 0 Å². The highest BCUT2D eigenvalue weighted by molar-refractivity contribution is 7.13. The average Bonchev–Trinajstić information content (AvgIpc) is 3.10. The first-order valence-corrected chi connectivity index (χ1v) is 6.27.